The molecule has 0 fully saturated rings. The lowest BCUT2D eigenvalue weighted by Crippen LogP contribution is -2.05. The highest BCUT2D eigenvalue weighted by atomic mass is 16.4. The Morgan fingerprint density at radius 2 is 2.00 bits per heavy atom. The molecule has 0 bridgehead atoms. The summed E-state index contributed by atoms with van der Waals surface area (Å²) in [4.78, 5) is 10.7. The third-order valence-electron chi connectivity index (χ3n) is 3.11. The molecule has 4 nitrogen and oxygen atoms in total. The fraction of sp³-hybridized carbons (Fsp3) is 0.286. The summed E-state index contributed by atoms with van der Waals surface area (Å²) in [6.45, 7) is 4.12. The summed E-state index contributed by atoms with van der Waals surface area (Å²) in [5.74, 6) is -0.843. The number of hydrogen-bond donors (Lipinski definition) is 1. The van der Waals surface area contributed by atoms with Gasteiger partial charge in [0.25, 0.3) is 0 Å². The molecule has 2 aromatic rings. The molecule has 0 aliphatic rings. The van der Waals surface area contributed by atoms with Gasteiger partial charge < -0.3 is 5.11 Å². The molecule has 0 aliphatic carbocycles. The lowest BCUT2D eigenvalue weighted by Gasteiger charge is -2.02. The van der Waals surface area contributed by atoms with Crippen LogP contribution in [0.5, 0.6) is 0 Å². The van der Waals surface area contributed by atoms with E-state index in [1.54, 1.807) is 11.7 Å². The molecule has 4 heteroatoms. The van der Waals surface area contributed by atoms with E-state index in [2.05, 4.69) is 31.1 Å². The van der Waals surface area contributed by atoms with Crippen LogP contribution in [0.4, 0.5) is 0 Å². The molecule has 1 aromatic heterocycles. The predicted molar refractivity (Wildman–Crippen MR) is 69.5 cm³/mol. The molecule has 2 rings (SSSR count). The smallest absolute Gasteiger partial charge is 0.309 e. The molecule has 0 unspecified atom stereocenters. The first kappa shape index (κ1) is 12.4. The van der Waals surface area contributed by atoms with Gasteiger partial charge in [0, 0.05) is 18.3 Å². The molecule has 94 valence electrons. The summed E-state index contributed by atoms with van der Waals surface area (Å²) in [5.41, 5.74) is 4.98. The molecule has 0 atom stereocenters. The second kappa shape index (κ2) is 4.64. The highest BCUT2D eigenvalue weighted by Crippen LogP contribution is 2.21. The fourth-order valence-electron chi connectivity index (χ4n) is 1.87. The van der Waals surface area contributed by atoms with Gasteiger partial charge >= 0.3 is 5.97 Å². The van der Waals surface area contributed by atoms with E-state index in [4.69, 9.17) is 5.11 Å². The Labute approximate surface area is 106 Å². The van der Waals surface area contributed by atoms with E-state index in [0.29, 0.717) is 5.69 Å². The van der Waals surface area contributed by atoms with E-state index in [1.807, 2.05) is 12.1 Å². The Morgan fingerprint density at radius 1 is 1.28 bits per heavy atom. The average molecular weight is 244 g/mol. The summed E-state index contributed by atoms with van der Waals surface area (Å²) >= 11 is 0. The van der Waals surface area contributed by atoms with E-state index >= 15 is 0 Å². The average Bonchev–Trinajstić information content (AvgIpc) is 2.63. The summed E-state index contributed by atoms with van der Waals surface area (Å²) in [6.07, 6.45) is -0.00561. The highest BCUT2D eigenvalue weighted by molar-refractivity contribution is 5.71. The van der Waals surface area contributed by atoms with Crippen molar-refractivity contribution in [2.24, 2.45) is 7.05 Å². The topological polar surface area (TPSA) is 55.1 Å². The second-order valence-electron chi connectivity index (χ2n) is 4.51. The number of hydrogen-bond acceptors (Lipinski definition) is 2. The number of aryl methyl sites for hydroxylation is 3. The molecule has 0 aliphatic heterocycles. The molecule has 1 aromatic carbocycles. The van der Waals surface area contributed by atoms with Gasteiger partial charge in [-0.15, -0.1) is 0 Å². The third kappa shape index (κ3) is 2.42. The van der Waals surface area contributed by atoms with Crippen LogP contribution in [0.3, 0.4) is 0 Å². The Hall–Kier alpha value is -2.10. The number of carbonyl (C=O) groups is 1. The van der Waals surface area contributed by atoms with Crippen molar-refractivity contribution in [3.63, 3.8) is 0 Å². The first-order chi connectivity index (χ1) is 8.47. The van der Waals surface area contributed by atoms with Crippen LogP contribution in [0.25, 0.3) is 11.3 Å². The first-order valence-corrected chi connectivity index (χ1v) is 5.79. The van der Waals surface area contributed by atoms with Gasteiger partial charge in [0.2, 0.25) is 0 Å². The summed E-state index contributed by atoms with van der Waals surface area (Å²) in [7, 11) is 1.77. The third-order valence-corrected chi connectivity index (χ3v) is 3.11. The molecular weight excluding hydrogens is 228 g/mol. The maximum absolute atomic E-state index is 10.7. The molecule has 1 N–H and O–H groups in total. The van der Waals surface area contributed by atoms with Crippen LogP contribution in [0, 0.1) is 13.8 Å². The minimum Gasteiger partial charge on any atom is -0.481 e. The van der Waals surface area contributed by atoms with Crippen molar-refractivity contribution in [3.05, 3.63) is 41.1 Å². The van der Waals surface area contributed by atoms with E-state index in [1.165, 1.54) is 11.1 Å². The van der Waals surface area contributed by atoms with Crippen LogP contribution in [0.15, 0.2) is 24.3 Å². The monoisotopic (exact) mass is 244 g/mol. The SMILES string of the molecule is Cc1ccc(-c2cc(CC(=O)O)n(C)n2)cc1C. The van der Waals surface area contributed by atoms with Crippen molar-refractivity contribution in [1.29, 1.82) is 0 Å². The molecule has 0 saturated carbocycles. The van der Waals surface area contributed by atoms with Crippen molar-refractivity contribution in [1.82, 2.24) is 9.78 Å². The van der Waals surface area contributed by atoms with E-state index < -0.39 is 5.97 Å². The van der Waals surface area contributed by atoms with Crippen molar-refractivity contribution >= 4 is 5.97 Å². The van der Waals surface area contributed by atoms with Crippen LogP contribution in [0.2, 0.25) is 0 Å². The van der Waals surface area contributed by atoms with Crippen molar-refractivity contribution in [2.45, 2.75) is 20.3 Å². The zero-order valence-electron chi connectivity index (χ0n) is 10.8. The summed E-state index contributed by atoms with van der Waals surface area (Å²) in [5, 5.41) is 13.2. The van der Waals surface area contributed by atoms with Crippen molar-refractivity contribution < 1.29 is 9.90 Å². The van der Waals surface area contributed by atoms with Gasteiger partial charge in [-0.2, -0.15) is 5.10 Å². The van der Waals surface area contributed by atoms with Gasteiger partial charge in [-0.1, -0.05) is 12.1 Å². The number of benzene rings is 1. The largest absolute Gasteiger partial charge is 0.481 e. The lowest BCUT2D eigenvalue weighted by atomic mass is 10.0. The van der Waals surface area contributed by atoms with Crippen LogP contribution >= 0.6 is 0 Å². The Kier molecular flexibility index (Phi) is 3.19. The second-order valence-corrected chi connectivity index (χ2v) is 4.51. The van der Waals surface area contributed by atoms with Gasteiger partial charge in [0.1, 0.15) is 0 Å². The molecular formula is C14H16N2O2. The Balaban J connectivity index is 2.39. The number of aromatic nitrogens is 2. The van der Waals surface area contributed by atoms with Gasteiger partial charge in [0.05, 0.1) is 12.1 Å². The predicted octanol–water partition coefficient (Wildman–Crippen LogP) is 2.33. The van der Waals surface area contributed by atoms with Crippen LogP contribution in [-0.4, -0.2) is 20.9 Å². The molecule has 0 saturated heterocycles. The number of carboxylic acids is 1. The van der Waals surface area contributed by atoms with Crippen LogP contribution in [-0.2, 0) is 18.3 Å². The molecule has 0 radical (unpaired) electrons. The maximum atomic E-state index is 10.7. The highest BCUT2D eigenvalue weighted by Gasteiger charge is 2.10. The fourth-order valence-corrected chi connectivity index (χ4v) is 1.87. The van der Waals surface area contributed by atoms with E-state index in [-0.39, 0.29) is 6.42 Å². The standard InChI is InChI=1S/C14H16N2O2/c1-9-4-5-11(6-10(9)2)13-7-12(8-14(17)18)16(3)15-13/h4-7H,8H2,1-3H3,(H,17,18). The number of carboxylic acid groups (broad SMARTS) is 1. The molecule has 1 heterocycles. The first-order valence-electron chi connectivity index (χ1n) is 5.79. The molecule has 0 spiro atoms. The zero-order chi connectivity index (χ0) is 13.3. The maximum Gasteiger partial charge on any atom is 0.309 e. The van der Waals surface area contributed by atoms with E-state index in [9.17, 15) is 4.79 Å². The molecule has 0 amide bonds. The quantitative estimate of drug-likeness (QED) is 0.901. The van der Waals surface area contributed by atoms with Gasteiger partial charge in [-0.25, -0.2) is 0 Å². The number of rotatable bonds is 3. The summed E-state index contributed by atoms with van der Waals surface area (Å²) < 4.78 is 1.62. The van der Waals surface area contributed by atoms with Gasteiger partial charge in [0.15, 0.2) is 0 Å². The van der Waals surface area contributed by atoms with Crippen LogP contribution in [0.1, 0.15) is 16.8 Å². The van der Waals surface area contributed by atoms with Crippen molar-refractivity contribution in [2.75, 3.05) is 0 Å². The normalized spacial score (nSPS) is 10.6. The summed E-state index contributed by atoms with van der Waals surface area (Å²) in [6, 6.07) is 7.96. The van der Waals surface area contributed by atoms with Crippen molar-refractivity contribution in [3.8, 4) is 11.3 Å². The Bertz CT molecular complexity index is 600. The van der Waals surface area contributed by atoms with Gasteiger partial charge in [-0.3, -0.25) is 9.48 Å². The zero-order valence-corrected chi connectivity index (χ0v) is 10.8. The Morgan fingerprint density at radius 3 is 2.61 bits per heavy atom. The van der Waals surface area contributed by atoms with Crippen LogP contribution < -0.4 is 0 Å². The molecule has 18 heavy (non-hydrogen) atoms. The lowest BCUT2D eigenvalue weighted by molar-refractivity contribution is -0.136. The minimum atomic E-state index is -0.843. The number of nitrogens with zero attached hydrogens (tertiary/aromatic N) is 2. The minimum absolute atomic E-state index is 0.00561. The van der Waals surface area contributed by atoms with Gasteiger partial charge in [-0.05, 0) is 37.1 Å². The number of aliphatic carboxylic acids is 1. The van der Waals surface area contributed by atoms with E-state index in [0.717, 1.165) is 11.3 Å².